The molecule has 4 nitrogen and oxygen atoms in total. The van der Waals surface area contributed by atoms with Crippen LogP contribution in [0.25, 0.3) is 0 Å². The quantitative estimate of drug-likeness (QED) is 0.888. The molecule has 98 valence electrons. The zero-order valence-electron chi connectivity index (χ0n) is 11.1. The van der Waals surface area contributed by atoms with Gasteiger partial charge < -0.3 is 10.1 Å². The second-order valence-electron chi connectivity index (χ2n) is 5.72. The number of methoxy groups -OCH3 is 1. The highest BCUT2D eigenvalue weighted by molar-refractivity contribution is 5.28. The summed E-state index contributed by atoms with van der Waals surface area (Å²) in [5.41, 5.74) is 0. The second kappa shape index (κ2) is 4.75. The van der Waals surface area contributed by atoms with Crippen LogP contribution in [0.2, 0.25) is 0 Å². The smallest absolute Gasteiger partial charge is 0.223 e. The summed E-state index contributed by atoms with van der Waals surface area (Å²) >= 11 is 0. The molecule has 1 aromatic heterocycles. The normalized spacial score (nSPS) is 31.3. The van der Waals surface area contributed by atoms with Crippen LogP contribution in [0.5, 0.6) is 5.75 Å². The number of hydrogen-bond acceptors (Lipinski definition) is 4. The van der Waals surface area contributed by atoms with E-state index in [2.05, 4.69) is 22.2 Å². The molecule has 0 amide bonds. The molecule has 2 bridgehead atoms. The molecule has 1 aromatic rings. The summed E-state index contributed by atoms with van der Waals surface area (Å²) < 4.78 is 5.06. The van der Waals surface area contributed by atoms with E-state index in [-0.39, 0.29) is 0 Å². The maximum atomic E-state index is 5.06. The van der Waals surface area contributed by atoms with Crippen molar-refractivity contribution < 1.29 is 4.74 Å². The van der Waals surface area contributed by atoms with Crippen molar-refractivity contribution in [3.05, 3.63) is 12.4 Å². The van der Waals surface area contributed by atoms with Crippen molar-refractivity contribution in [3.8, 4) is 5.75 Å². The largest absolute Gasteiger partial charge is 0.494 e. The van der Waals surface area contributed by atoms with E-state index in [0.29, 0.717) is 17.7 Å². The Balaban J connectivity index is 1.61. The molecule has 3 rings (SSSR count). The number of nitrogens with zero attached hydrogens (tertiary/aromatic N) is 2. The lowest BCUT2D eigenvalue weighted by molar-refractivity contribution is 0.303. The highest BCUT2D eigenvalue weighted by Crippen LogP contribution is 2.49. The van der Waals surface area contributed by atoms with E-state index in [4.69, 9.17) is 4.74 Å². The van der Waals surface area contributed by atoms with E-state index in [1.165, 1.54) is 25.7 Å². The monoisotopic (exact) mass is 247 g/mol. The first kappa shape index (κ1) is 11.8. The molecule has 2 saturated carbocycles. The van der Waals surface area contributed by atoms with Crippen LogP contribution in [-0.4, -0.2) is 23.1 Å². The van der Waals surface area contributed by atoms with Gasteiger partial charge in [-0.25, -0.2) is 9.97 Å². The lowest BCUT2D eigenvalue weighted by Gasteiger charge is -2.28. The Morgan fingerprint density at radius 2 is 2.06 bits per heavy atom. The topological polar surface area (TPSA) is 47.0 Å². The molecule has 0 aliphatic heterocycles. The van der Waals surface area contributed by atoms with Crippen LogP contribution in [0.15, 0.2) is 12.4 Å². The molecule has 2 aliphatic carbocycles. The van der Waals surface area contributed by atoms with Gasteiger partial charge in [-0.3, -0.25) is 0 Å². The maximum Gasteiger partial charge on any atom is 0.223 e. The van der Waals surface area contributed by atoms with Crippen molar-refractivity contribution in [3.63, 3.8) is 0 Å². The fourth-order valence-electron chi connectivity index (χ4n) is 3.71. The van der Waals surface area contributed by atoms with Gasteiger partial charge in [0.25, 0.3) is 0 Å². The predicted molar refractivity (Wildman–Crippen MR) is 70.6 cm³/mol. The van der Waals surface area contributed by atoms with Crippen LogP contribution < -0.4 is 10.1 Å². The molecule has 18 heavy (non-hydrogen) atoms. The fourth-order valence-corrected chi connectivity index (χ4v) is 3.71. The Bertz CT molecular complexity index is 406. The molecular weight excluding hydrogens is 226 g/mol. The van der Waals surface area contributed by atoms with Crippen molar-refractivity contribution in [2.45, 2.75) is 38.6 Å². The van der Waals surface area contributed by atoms with Crippen molar-refractivity contribution in [1.82, 2.24) is 9.97 Å². The summed E-state index contributed by atoms with van der Waals surface area (Å²) in [6, 6.07) is 0.466. The van der Waals surface area contributed by atoms with E-state index in [1.54, 1.807) is 19.5 Å². The van der Waals surface area contributed by atoms with Crippen molar-refractivity contribution in [2.75, 3.05) is 12.4 Å². The Kier molecular flexibility index (Phi) is 3.10. The lowest BCUT2D eigenvalue weighted by atomic mass is 9.84. The first-order valence-electron chi connectivity index (χ1n) is 6.89. The highest BCUT2D eigenvalue weighted by Gasteiger charge is 2.41. The summed E-state index contributed by atoms with van der Waals surface area (Å²) in [6.45, 7) is 2.26. The average Bonchev–Trinajstić information content (AvgIpc) is 3.02. The van der Waals surface area contributed by atoms with Crippen LogP contribution in [0.4, 0.5) is 5.95 Å². The highest BCUT2D eigenvalue weighted by atomic mass is 16.5. The summed E-state index contributed by atoms with van der Waals surface area (Å²) in [4.78, 5) is 8.55. The third-order valence-electron chi connectivity index (χ3n) is 4.66. The molecule has 0 spiro atoms. The molecule has 4 heteroatoms. The number of aromatic nitrogens is 2. The van der Waals surface area contributed by atoms with Crippen LogP contribution >= 0.6 is 0 Å². The Morgan fingerprint density at radius 3 is 2.61 bits per heavy atom. The molecule has 0 aromatic carbocycles. The van der Waals surface area contributed by atoms with Gasteiger partial charge in [-0.2, -0.15) is 0 Å². The third-order valence-corrected chi connectivity index (χ3v) is 4.66. The molecule has 2 fully saturated rings. The van der Waals surface area contributed by atoms with E-state index >= 15 is 0 Å². The fraction of sp³-hybridized carbons (Fsp3) is 0.714. The van der Waals surface area contributed by atoms with Gasteiger partial charge in [0.1, 0.15) is 0 Å². The van der Waals surface area contributed by atoms with Gasteiger partial charge in [0.2, 0.25) is 5.95 Å². The Hall–Kier alpha value is -1.32. The van der Waals surface area contributed by atoms with E-state index in [1.807, 2.05) is 0 Å². The van der Waals surface area contributed by atoms with Crippen molar-refractivity contribution in [1.29, 1.82) is 0 Å². The van der Waals surface area contributed by atoms with Gasteiger partial charge in [-0.05, 0) is 43.9 Å². The van der Waals surface area contributed by atoms with Crippen molar-refractivity contribution in [2.24, 2.45) is 17.8 Å². The summed E-state index contributed by atoms with van der Waals surface area (Å²) in [5.74, 6) is 4.13. The number of anilines is 1. The first-order chi connectivity index (χ1) is 8.76. The van der Waals surface area contributed by atoms with Gasteiger partial charge in [-0.15, -0.1) is 0 Å². The maximum absolute atomic E-state index is 5.06. The molecule has 4 atom stereocenters. The van der Waals surface area contributed by atoms with E-state index in [9.17, 15) is 0 Å². The van der Waals surface area contributed by atoms with Gasteiger partial charge >= 0.3 is 0 Å². The molecule has 2 aliphatic rings. The number of hydrogen-bond donors (Lipinski definition) is 1. The summed E-state index contributed by atoms with van der Waals surface area (Å²) in [6.07, 6.45) is 9.12. The second-order valence-corrected chi connectivity index (χ2v) is 5.72. The molecule has 1 N–H and O–H groups in total. The summed E-state index contributed by atoms with van der Waals surface area (Å²) in [5, 5.41) is 3.44. The van der Waals surface area contributed by atoms with Crippen LogP contribution in [0.3, 0.4) is 0 Å². The first-order valence-corrected chi connectivity index (χ1v) is 6.89. The van der Waals surface area contributed by atoms with E-state index < -0.39 is 0 Å². The standard InChI is InChI=1S/C14H21N3O/c1-9(13-6-10-3-4-11(13)5-10)17-14-15-7-12(18-2)8-16-14/h7-11,13H,3-6H2,1-2H3,(H,15,16,17). The number of rotatable bonds is 4. The minimum absolute atomic E-state index is 0.466. The molecule has 1 heterocycles. The predicted octanol–water partition coefficient (Wildman–Crippen LogP) is 2.72. The Morgan fingerprint density at radius 1 is 1.28 bits per heavy atom. The SMILES string of the molecule is COc1cnc(NC(C)C2CC3CCC2C3)nc1. The lowest BCUT2D eigenvalue weighted by Crippen LogP contribution is -2.30. The zero-order chi connectivity index (χ0) is 12.5. The summed E-state index contributed by atoms with van der Waals surface area (Å²) in [7, 11) is 1.63. The van der Waals surface area contributed by atoms with Crippen LogP contribution in [0, 0.1) is 17.8 Å². The van der Waals surface area contributed by atoms with E-state index in [0.717, 1.165) is 17.8 Å². The van der Waals surface area contributed by atoms with Crippen LogP contribution in [0.1, 0.15) is 32.6 Å². The van der Waals surface area contributed by atoms with Crippen LogP contribution in [-0.2, 0) is 0 Å². The third kappa shape index (κ3) is 2.16. The average molecular weight is 247 g/mol. The van der Waals surface area contributed by atoms with Gasteiger partial charge in [-0.1, -0.05) is 6.42 Å². The van der Waals surface area contributed by atoms with Gasteiger partial charge in [0, 0.05) is 6.04 Å². The molecule has 0 saturated heterocycles. The zero-order valence-corrected chi connectivity index (χ0v) is 11.1. The molecule has 0 radical (unpaired) electrons. The van der Waals surface area contributed by atoms with Crippen molar-refractivity contribution >= 4 is 5.95 Å². The number of nitrogens with one attached hydrogen (secondary N) is 1. The van der Waals surface area contributed by atoms with Gasteiger partial charge in [0.05, 0.1) is 19.5 Å². The molecule has 4 unspecified atom stereocenters. The Labute approximate surface area is 108 Å². The number of ether oxygens (including phenoxy) is 1. The molecular formula is C14H21N3O. The van der Waals surface area contributed by atoms with Gasteiger partial charge in [0.15, 0.2) is 5.75 Å². The number of fused-ring (bicyclic) bond motifs is 2. The minimum Gasteiger partial charge on any atom is -0.494 e. The minimum atomic E-state index is 0.466.